The van der Waals surface area contributed by atoms with Gasteiger partial charge in [-0.25, -0.2) is 4.57 Å². The van der Waals surface area contributed by atoms with Crippen LogP contribution in [-0.2, 0) is 23.2 Å². The zero-order valence-corrected chi connectivity index (χ0v) is 18.4. The quantitative estimate of drug-likeness (QED) is 0.234. The fourth-order valence-corrected chi connectivity index (χ4v) is 3.17. The molecule has 1 unspecified atom stereocenters. The van der Waals surface area contributed by atoms with E-state index in [-0.39, 0.29) is 18.9 Å². The summed E-state index contributed by atoms with van der Waals surface area (Å²) in [4.78, 5) is 33.4. The second-order valence-corrected chi connectivity index (χ2v) is 9.64. The number of phosphoric acid groups is 1. The lowest BCUT2D eigenvalue weighted by atomic mass is 9.87. The van der Waals surface area contributed by atoms with Crippen molar-refractivity contribution in [3.05, 3.63) is 0 Å². The number of amides is 2. The van der Waals surface area contributed by atoms with Crippen molar-refractivity contribution in [2.75, 3.05) is 19.7 Å². The van der Waals surface area contributed by atoms with Crippen molar-refractivity contribution in [3.8, 4) is 0 Å². The molecule has 0 aliphatic heterocycles. The molecule has 0 bridgehead atoms. The van der Waals surface area contributed by atoms with Crippen LogP contribution in [0.4, 0.5) is 0 Å². The van der Waals surface area contributed by atoms with Gasteiger partial charge in [-0.1, -0.05) is 13.8 Å². The van der Waals surface area contributed by atoms with E-state index in [1.165, 1.54) is 13.8 Å². The SMILES string of the molecule is CC(=N)CCNC(=O)CCNC(=O)[C@@H](O)C(C)(C)COP(=O)(O)OC(C)(C)C. The van der Waals surface area contributed by atoms with Crippen LogP contribution in [0.15, 0.2) is 0 Å². The van der Waals surface area contributed by atoms with Gasteiger partial charge in [0.25, 0.3) is 0 Å². The van der Waals surface area contributed by atoms with Crippen LogP contribution < -0.4 is 10.6 Å². The number of aliphatic hydroxyl groups is 1. The average Bonchev–Trinajstić information content (AvgIpc) is 2.49. The Kier molecular flexibility index (Phi) is 10.5. The van der Waals surface area contributed by atoms with Crippen molar-refractivity contribution in [3.63, 3.8) is 0 Å². The fourth-order valence-electron chi connectivity index (χ4n) is 1.93. The Bertz CT molecular complexity index is 602. The Morgan fingerprint density at radius 3 is 2.14 bits per heavy atom. The van der Waals surface area contributed by atoms with Gasteiger partial charge in [0.05, 0.1) is 12.2 Å². The predicted molar refractivity (Wildman–Crippen MR) is 105 cm³/mol. The van der Waals surface area contributed by atoms with Gasteiger partial charge in [-0.3, -0.25) is 18.6 Å². The minimum atomic E-state index is -4.34. The van der Waals surface area contributed by atoms with E-state index in [0.717, 1.165) is 0 Å². The molecule has 0 saturated carbocycles. The summed E-state index contributed by atoms with van der Waals surface area (Å²) >= 11 is 0. The normalized spacial score (nSPS) is 15.4. The third kappa shape index (κ3) is 12.2. The summed E-state index contributed by atoms with van der Waals surface area (Å²) in [7, 11) is -4.34. The lowest BCUT2D eigenvalue weighted by Crippen LogP contribution is -2.46. The van der Waals surface area contributed by atoms with Crippen LogP contribution in [0.5, 0.6) is 0 Å². The van der Waals surface area contributed by atoms with Crippen LogP contribution in [0.3, 0.4) is 0 Å². The molecule has 0 spiro atoms. The van der Waals surface area contributed by atoms with Crippen molar-refractivity contribution in [1.82, 2.24) is 10.6 Å². The van der Waals surface area contributed by atoms with E-state index in [4.69, 9.17) is 14.5 Å². The van der Waals surface area contributed by atoms with Gasteiger partial charge in [0.2, 0.25) is 11.8 Å². The third-order valence-electron chi connectivity index (χ3n) is 3.45. The van der Waals surface area contributed by atoms with Gasteiger partial charge < -0.3 is 26.0 Å². The first-order chi connectivity index (χ1) is 12.6. The van der Waals surface area contributed by atoms with E-state index in [1.54, 1.807) is 27.7 Å². The van der Waals surface area contributed by atoms with E-state index in [2.05, 4.69) is 10.6 Å². The Morgan fingerprint density at radius 2 is 1.64 bits per heavy atom. The van der Waals surface area contributed by atoms with Gasteiger partial charge in [0.15, 0.2) is 0 Å². The Labute approximate surface area is 166 Å². The molecular weight excluding hydrogens is 389 g/mol. The van der Waals surface area contributed by atoms with E-state index in [9.17, 15) is 24.2 Å². The average molecular weight is 423 g/mol. The number of carbonyl (C=O) groups excluding carboxylic acids is 2. The zero-order chi connectivity index (χ0) is 22.2. The number of carbonyl (C=O) groups is 2. The van der Waals surface area contributed by atoms with Crippen LogP contribution in [0, 0.1) is 10.8 Å². The minimum Gasteiger partial charge on any atom is -0.383 e. The first-order valence-electron chi connectivity index (χ1n) is 9.00. The fraction of sp³-hybridized carbons (Fsp3) is 0.824. The lowest BCUT2D eigenvalue weighted by molar-refractivity contribution is -0.137. The number of phosphoric ester groups is 1. The van der Waals surface area contributed by atoms with Gasteiger partial charge in [-0.2, -0.15) is 0 Å². The maximum Gasteiger partial charge on any atom is 0.472 e. The topological polar surface area (TPSA) is 158 Å². The Balaban J connectivity index is 4.42. The lowest BCUT2D eigenvalue weighted by Gasteiger charge is -2.31. The largest absolute Gasteiger partial charge is 0.472 e. The van der Waals surface area contributed by atoms with Crippen LogP contribution in [0.25, 0.3) is 0 Å². The number of aliphatic hydroxyl groups excluding tert-OH is 1. The summed E-state index contributed by atoms with van der Waals surface area (Å²) in [6, 6.07) is 0. The first-order valence-corrected chi connectivity index (χ1v) is 10.5. The first kappa shape index (κ1) is 26.7. The molecular formula is C17H34N3O7P. The van der Waals surface area contributed by atoms with Gasteiger partial charge in [0.1, 0.15) is 6.10 Å². The summed E-state index contributed by atoms with van der Waals surface area (Å²) in [6.07, 6.45) is -1.04. The molecule has 0 heterocycles. The molecule has 164 valence electrons. The second kappa shape index (κ2) is 11.0. The molecule has 28 heavy (non-hydrogen) atoms. The molecule has 10 nitrogen and oxygen atoms in total. The molecule has 0 aromatic heterocycles. The van der Waals surface area contributed by atoms with Gasteiger partial charge in [0, 0.05) is 37.1 Å². The highest BCUT2D eigenvalue weighted by Crippen LogP contribution is 2.48. The molecule has 0 aliphatic rings. The van der Waals surface area contributed by atoms with Crippen molar-refractivity contribution in [2.24, 2.45) is 5.41 Å². The molecule has 0 radical (unpaired) electrons. The highest BCUT2D eigenvalue weighted by atomic mass is 31.2. The van der Waals surface area contributed by atoms with Crippen LogP contribution >= 0.6 is 7.82 Å². The summed E-state index contributed by atoms with van der Waals surface area (Å²) in [5.74, 6) is -1.000. The Hall–Kier alpha value is -1.32. The van der Waals surface area contributed by atoms with Crippen molar-refractivity contribution < 1.29 is 33.2 Å². The monoisotopic (exact) mass is 423 g/mol. The van der Waals surface area contributed by atoms with Gasteiger partial charge in [-0.15, -0.1) is 0 Å². The van der Waals surface area contributed by atoms with Gasteiger partial charge >= 0.3 is 7.82 Å². The number of rotatable bonds is 12. The van der Waals surface area contributed by atoms with E-state index in [1.807, 2.05) is 0 Å². The van der Waals surface area contributed by atoms with Crippen LogP contribution in [0.1, 0.15) is 54.4 Å². The highest BCUT2D eigenvalue weighted by Gasteiger charge is 2.38. The third-order valence-corrected chi connectivity index (χ3v) is 4.68. The van der Waals surface area contributed by atoms with E-state index < -0.39 is 37.5 Å². The maximum absolute atomic E-state index is 12.1. The number of nitrogens with one attached hydrogen (secondary N) is 3. The number of hydrogen-bond donors (Lipinski definition) is 5. The number of hydrogen-bond acceptors (Lipinski definition) is 7. The van der Waals surface area contributed by atoms with E-state index in [0.29, 0.717) is 18.7 Å². The van der Waals surface area contributed by atoms with Crippen molar-refractivity contribution in [1.29, 1.82) is 5.41 Å². The molecule has 0 fully saturated rings. The van der Waals surface area contributed by atoms with Crippen molar-refractivity contribution in [2.45, 2.75) is 66.1 Å². The van der Waals surface area contributed by atoms with E-state index >= 15 is 0 Å². The molecule has 11 heteroatoms. The predicted octanol–water partition coefficient (Wildman–Crippen LogP) is 1.36. The molecule has 0 aromatic rings. The molecule has 5 N–H and O–H groups in total. The molecule has 0 aromatic carbocycles. The minimum absolute atomic E-state index is 0.0217. The van der Waals surface area contributed by atoms with Crippen LogP contribution in [0.2, 0.25) is 0 Å². The molecule has 0 rings (SSSR count). The maximum atomic E-state index is 12.1. The standard InChI is InChI=1S/C17H34N3O7P/c1-12(18)7-9-19-13(21)8-10-20-15(23)14(22)17(5,6)11-26-28(24,25)27-16(2,3)4/h14,18,22H,7-11H2,1-6H3,(H,19,21)(H,20,23)(H,24,25)/t14-/m1/s1. The Morgan fingerprint density at radius 1 is 1.11 bits per heavy atom. The highest BCUT2D eigenvalue weighted by molar-refractivity contribution is 7.47. The summed E-state index contributed by atoms with van der Waals surface area (Å²) in [5.41, 5.74) is -1.61. The molecule has 0 saturated heterocycles. The van der Waals surface area contributed by atoms with Crippen LogP contribution in [-0.4, -0.2) is 58.9 Å². The molecule has 0 aliphatic carbocycles. The van der Waals surface area contributed by atoms with Gasteiger partial charge in [-0.05, 0) is 27.7 Å². The summed E-state index contributed by atoms with van der Waals surface area (Å²) < 4.78 is 21.8. The molecule has 2 amide bonds. The molecule has 2 atom stereocenters. The smallest absolute Gasteiger partial charge is 0.383 e. The zero-order valence-electron chi connectivity index (χ0n) is 17.5. The van der Waals surface area contributed by atoms with Crippen molar-refractivity contribution >= 4 is 25.3 Å². The summed E-state index contributed by atoms with van der Waals surface area (Å²) in [6.45, 7) is 9.40. The second-order valence-electron chi connectivity index (χ2n) is 8.26. The summed E-state index contributed by atoms with van der Waals surface area (Å²) in [5, 5.41) is 22.5.